The average molecular weight is 468 g/mol. The molecule has 2 amide bonds. The fraction of sp³-hybridized carbons (Fsp3) is 0.217. The summed E-state index contributed by atoms with van der Waals surface area (Å²) in [5.41, 5.74) is 2.31. The monoisotopic (exact) mass is 467 g/mol. The van der Waals surface area contributed by atoms with Crippen molar-refractivity contribution >= 4 is 46.4 Å². The number of nitrogens with one attached hydrogen (secondary N) is 4. The van der Waals surface area contributed by atoms with Crippen molar-refractivity contribution in [2.45, 2.75) is 6.54 Å². The van der Waals surface area contributed by atoms with Crippen LogP contribution in [0, 0.1) is 0 Å². The fourth-order valence-corrected chi connectivity index (χ4v) is 3.29. The van der Waals surface area contributed by atoms with Crippen LogP contribution < -0.4 is 21.3 Å². The molecule has 0 radical (unpaired) electrons. The Kier molecular flexibility index (Phi) is 8.17. The van der Waals surface area contributed by atoms with Crippen molar-refractivity contribution < 1.29 is 9.59 Å². The van der Waals surface area contributed by atoms with Gasteiger partial charge in [0.2, 0.25) is 5.91 Å². The summed E-state index contributed by atoms with van der Waals surface area (Å²) in [6.45, 7) is 0.694. The van der Waals surface area contributed by atoms with Crippen molar-refractivity contribution in [3.63, 3.8) is 0 Å². The molecule has 1 aromatic carbocycles. The van der Waals surface area contributed by atoms with Gasteiger partial charge in [0.15, 0.2) is 0 Å². The predicted molar refractivity (Wildman–Crippen MR) is 132 cm³/mol. The summed E-state index contributed by atoms with van der Waals surface area (Å²) < 4.78 is 0. The van der Waals surface area contributed by atoms with E-state index >= 15 is 0 Å². The van der Waals surface area contributed by atoms with Crippen LogP contribution in [0.25, 0.3) is 0 Å². The number of nitrogens with zero attached hydrogens (tertiary/aromatic N) is 3. The molecule has 172 valence electrons. The summed E-state index contributed by atoms with van der Waals surface area (Å²) in [7, 11) is 5.41. The second-order valence-electron chi connectivity index (χ2n) is 7.52. The van der Waals surface area contributed by atoms with Crippen LogP contribution in [-0.4, -0.2) is 54.4 Å². The number of carbonyl (C=O) groups excluding carboxylic acids is 2. The summed E-state index contributed by atoms with van der Waals surface area (Å²) in [5.74, 6) is 0.655. The molecule has 0 aliphatic rings. The lowest BCUT2D eigenvalue weighted by Gasteiger charge is -2.14. The molecule has 0 bridgehead atoms. The number of amides is 2. The first-order valence-electron chi connectivity index (χ1n) is 10.2. The summed E-state index contributed by atoms with van der Waals surface area (Å²) in [5, 5.41) is 12.2. The standard InChI is InChI=1S/C23H26ClN7O2/c1-25-20-9-15(6-8-26-20)13-28-22-19(5-4-7-27-22)23(33)30-18-11-16(24)10-17(12-18)29-21(32)14-31(2)3/h4-12H,13-14H2,1-3H3,(H,25,26)(H,27,28)(H,29,32)(H,30,33). The maximum absolute atomic E-state index is 13.0. The SMILES string of the molecule is CNc1cc(CNc2ncccc2C(=O)Nc2cc(Cl)cc(NC(=O)CN(C)C)c2)ccn1. The molecule has 0 saturated heterocycles. The molecule has 0 spiro atoms. The van der Waals surface area contributed by atoms with Crippen LogP contribution >= 0.6 is 11.6 Å². The Morgan fingerprint density at radius 1 is 1.00 bits per heavy atom. The predicted octanol–water partition coefficient (Wildman–Crippen LogP) is 3.54. The number of halogens is 1. The minimum Gasteiger partial charge on any atom is -0.373 e. The van der Waals surface area contributed by atoms with Crippen LogP contribution in [0.15, 0.2) is 54.9 Å². The van der Waals surface area contributed by atoms with E-state index in [0.717, 1.165) is 11.4 Å². The lowest BCUT2D eigenvalue weighted by atomic mass is 10.2. The van der Waals surface area contributed by atoms with Crippen LogP contribution in [0.4, 0.5) is 23.0 Å². The van der Waals surface area contributed by atoms with Crippen LogP contribution in [0.5, 0.6) is 0 Å². The number of benzene rings is 1. The Labute approximate surface area is 197 Å². The van der Waals surface area contributed by atoms with Gasteiger partial charge in [0, 0.05) is 42.4 Å². The van der Waals surface area contributed by atoms with Gasteiger partial charge in [0.25, 0.3) is 5.91 Å². The normalized spacial score (nSPS) is 10.6. The Morgan fingerprint density at radius 2 is 1.76 bits per heavy atom. The number of aromatic nitrogens is 2. The third kappa shape index (κ3) is 7.16. The number of likely N-dealkylation sites (N-methyl/N-ethyl adjacent to an activating group) is 1. The molecular formula is C23H26ClN7O2. The third-order valence-corrected chi connectivity index (χ3v) is 4.71. The number of pyridine rings is 2. The second-order valence-corrected chi connectivity index (χ2v) is 7.96. The van der Waals surface area contributed by atoms with E-state index in [1.807, 2.05) is 12.1 Å². The molecule has 10 heteroatoms. The van der Waals surface area contributed by atoms with Crippen molar-refractivity contribution in [3.05, 3.63) is 71.0 Å². The van der Waals surface area contributed by atoms with Gasteiger partial charge in [0.05, 0.1) is 12.1 Å². The first-order valence-corrected chi connectivity index (χ1v) is 10.6. The Bertz CT molecular complexity index is 1140. The van der Waals surface area contributed by atoms with Crippen molar-refractivity contribution in [1.82, 2.24) is 14.9 Å². The average Bonchev–Trinajstić information content (AvgIpc) is 2.77. The van der Waals surface area contributed by atoms with Crippen LogP contribution in [-0.2, 0) is 11.3 Å². The summed E-state index contributed by atoms with van der Waals surface area (Å²) in [6.07, 6.45) is 3.32. The molecule has 2 aromatic heterocycles. The maximum atomic E-state index is 13.0. The highest BCUT2D eigenvalue weighted by Crippen LogP contribution is 2.24. The first-order chi connectivity index (χ1) is 15.8. The topological polar surface area (TPSA) is 111 Å². The lowest BCUT2D eigenvalue weighted by Crippen LogP contribution is -2.27. The van der Waals surface area contributed by atoms with E-state index in [4.69, 9.17) is 11.6 Å². The van der Waals surface area contributed by atoms with Gasteiger partial charge < -0.3 is 26.2 Å². The molecule has 0 fully saturated rings. The number of hydrogen-bond acceptors (Lipinski definition) is 7. The van der Waals surface area contributed by atoms with Gasteiger partial charge in [-0.25, -0.2) is 9.97 Å². The quantitative estimate of drug-likeness (QED) is 0.381. The molecule has 3 rings (SSSR count). The number of rotatable bonds is 9. The largest absolute Gasteiger partial charge is 0.373 e. The number of hydrogen-bond donors (Lipinski definition) is 4. The molecule has 9 nitrogen and oxygen atoms in total. The van der Waals surface area contributed by atoms with E-state index in [1.165, 1.54) is 0 Å². The maximum Gasteiger partial charge on any atom is 0.259 e. The van der Waals surface area contributed by atoms with Crippen LogP contribution in [0.1, 0.15) is 15.9 Å². The fourth-order valence-electron chi connectivity index (χ4n) is 3.06. The number of carbonyl (C=O) groups is 2. The number of anilines is 4. The molecule has 0 unspecified atom stereocenters. The van der Waals surface area contributed by atoms with E-state index in [0.29, 0.717) is 34.3 Å². The van der Waals surface area contributed by atoms with E-state index < -0.39 is 0 Å². The molecule has 0 atom stereocenters. The Morgan fingerprint density at radius 3 is 2.48 bits per heavy atom. The molecule has 0 saturated carbocycles. The van der Waals surface area contributed by atoms with Crippen molar-refractivity contribution in [3.8, 4) is 0 Å². The third-order valence-electron chi connectivity index (χ3n) is 4.49. The van der Waals surface area contributed by atoms with Gasteiger partial charge in [0.1, 0.15) is 11.6 Å². The Hall–Kier alpha value is -3.69. The summed E-state index contributed by atoms with van der Waals surface area (Å²) >= 11 is 6.19. The summed E-state index contributed by atoms with van der Waals surface area (Å²) in [4.78, 5) is 35.3. The van der Waals surface area contributed by atoms with Crippen LogP contribution in [0.3, 0.4) is 0 Å². The van der Waals surface area contributed by atoms with Gasteiger partial charge in [-0.1, -0.05) is 11.6 Å². The minimum absolute atomic E-state index is 0.184. The van der Waals surface area contributed by atoms with Gasteiger partial charge >= 0.3 is 0 Å². The van der Waals surface area contributed by atoms with E-state index in [-0.39, 0.29) is 18.4 Å². The van der Waals surface area contributed by atoms with Crippen molar-refractivity contribution in [2.75, 3.05) is 49.0 Å². The Balaban J connectivity index is 1.72. The van der Waals surface area contributed by atoms with Gasteiger partial charge in [-0.3, -0.25) is 9.59 Å². The van der Waals surface area contributed by atoms with Gasteiger partial charge in [-0.05, 0) is 62.1 Å². The first kappa shape index (κ1) is 24.0. The van der Waals surface area contributed by atoms with Gasteiger partial charge in [-0.2, -0.15) is 0 Å². The highest BCUT2D eigenvalue weighted by atomic mass is 35.5. The molecule has 0 aliphatic carbocycles. The minimum atomic E-state index is -0.357. The van der Waals surface area contributed by atoms with E-state index in [1.54, 1.807) is 68.8 Å². The zero-order valence-corrected chi connectivity index (χ0v) is 19.4. The van der Waals surface area contributed by atoms with Gasteiger partial charge in [-0.15, -0.1) is 0 Å². The molecule has 2 heterocycles. The second kappa shape index (κ2) is 11.3. The zero-order chi connectivity index (χ0) is 23.8. The highest BCUT2D eigenvalue weighted by molar-refractivity contribution is 6.31. The van der Waals surface area contributed by atoms with E-state index in [2.05, 4.69) is 31.2 Å². The highest BCUT2D eigenvalue weighted by Gasteiger charge is 2.14. The smallest absolute Gasteiger partial charge is 0.259 e. The molecule has 4 N–H and O–H groups in total. The zero-order valence-electron chi connectivity index (χ0n) is 18.6. The summed E-state index contributed by atoms with van der Waals surface area (Å²) in [6, 6.07) is 12.0. The molecule has 0 aliphatic heterocycles. The van der Waals surface area contributed by atoms with Crippen molar-refractivity contribution in [2.24, 2.45) is 0 Å². The van der Waals surface area contributed by atoms with E-state index in [9.17, 15) is 9.59 Å². The molecule has 3 aromatic rings. The molecular weight excluding hydrogens is 442 g/mol. The molecule has 33 heavy (non-hydrogen) atoms. The van der Waals surface area contributed by atoms with Crippen molar-refractivity contribution in [1.29, 1.82) is 0 Å². The lowest BCUT2D eigenvalue weighted by molar-refractivity contribution is -0.116. The van der Waals surface area contributed by atoms with Crippen LogP contribution in [0.2, 0.25) is 5.02 Å².